The van der Waals surface area contributed by atoms with Gasteiger partial charge in [0.05, 0.1) is 6.04 Å². The van der Waals surface area contributed by atoms with Crippen LogP contribution in [0.2, 0.25) is 0 Å². The minimum atomic E-state index is -0.468. The Labute approximate surface area is 88.3 Å². The van der Waals surface area contributed by atoms with E-state index in [-0.39, 0.29) is 11.9 Å². The van der Waals surface area contributed by atoms with Crippen LogP contribution in [-0.2, 0) is 4.79 Å². The number of rotatable bonds is 2. The molecule has 1 heterocycles. The van der Waals surface area contributed by atoms with Crippen LogP contribution in [0, 0.1) is 0 Å². The van der Waals surface area contributed by atoms with Crippen molar-refractivity contribution in [3.63, 3.8) is 0 Å². The predicted molar refractivity (Wildman–Crippen MR) is 55.3 cm³/mol. The van der Waals surface area contributed by atoms with E-state index in [0.29, 0.717) is 6.42 Å². The number of carbonyl (C=O) groups is 1. The molecule has 2 atom stereocenters. The zero-order valence-corrected chi connectivity index (χ0v) is 8.31. The molecule has 0 aromatic heterocycles. The summed E-state index contributed by atoms with van der Waals surface area (Å²) in [6.45, 7) is 0. The lowest BCUT2D eigenvalue weighted by molar-refractivity contribution is -0.128. The van der Waals surface area contributed by atoms with Crippen molar-refractivity contribution < 1.29 is 10.0 Å². The van der Waals surface area contributed by atoms with Gasteiger partial charge in [0, 0.05) is 0 Å². The van der Waals surface area contributed by atoms with Crippen LogP contribution < -0.4 is 10.8 Å². The maximum Gasteiger partial charge on any atom is 0.239 e. The number of nitrogens with one attached hydrogen (secondary N) is 2. The third-order valence-corrected chi connectivity index (χ3v) is 2.73. The average Bonchev–Trinajstić information content (AvgIpc) is 2.30. The number of hydroxylamine groups is 1. The first kappa shape index (κ1) is 10.1. The second kappa shape index (κ2) is 4.42. The van der Waals surface area contributed by atoms with Crippen molar-refractivity contribution in [2.45, 2.75) is 24.9 Å². The molecule has 1 aliphatic rings. The van der Waals surface area contributed by atoms with E-state index in [1.807, 2.05) is 35.8 Å². The Balaban J connectivity index is 2.06. The van der Waals surface area contributed by atoms with Gasteiger partial charge in [-0.05, 0) is 18.4 Å². The zero-order valence-electron chi connectivity index (χ0n) is 8.31. The van der Waals surface area contributed by atoms with Crippen molar-refractivity contribution in [2.24, 2.45) is 0 Å². The van der Waals surface area contributed by atoms with Crippen LogP contribution in [0.5, 0.6) is 0 Å². The smallest absolute Gasteiger partial charge is 0.239 e. The monoisotopic (exact) mass is 206 g/mol. The summed E-state index contributed by atoms with van der Waals surface area (Å²) < 4.78 is 0. The Morgan fingerprint density at radius 1 is 1.27 bits per heavy atom. The van der Waals surface area contributed by atoms with E-state index in [1.165, 1.54) is 0 Å². The van der Waals surface area contributed by atoms with Gasteiger partial charge in [-0.15, -0.1) is 0 Å². The fourth-order valence-corrected chi connectivity index (χ4v) is 1.87. The Hall–Kier alpha value is -1.39. The molecule has 1 amide bonds. The molecule has 2 unspecified atom stereocenters. The van der Waals surface area contributed by atoms with Gasteiger partial charge in [0.15, 0.2) is 0 Å². The molecule has 80 valence electrons. The molecule has 4 nitrogen and oxygen atoms in total. The first-order chi connectivity index (χ1) is 7.31. The Bertz CT molecular complexity index is 340. The summed E-state index contributed by atoms with van der Waals surface area (Å²) in [7, 11) is 0. The van der Waals surface area contributed by atoms with Crippen LogP contribution >= 0.6 is 0 Å². The van der Waals surface area contributed by atoms with E-state index in [1.54, 1.807) is 0 Å². The average molecular weight is 206 g/mol. The largest absolute Gasteiger partial charge is 0.348 e. The molecule has 2 rings (SSSR count). The Kier molecular flexibility index (Phi) is 2.99. The van der Waals surface area contributed by atoms with E-state index in [2.05, 4.69) is 5.32 Å². The van der Waals surface area contributed by atoms with E-state index >= 15 is 0 Å². The number of piperidine rings is 1. The highest BCUT2D eigenvalue weighted by atomic mass is 16.5. The summed E-state index contributed by atoms with van der Waals surface area (Å²) in [5.74, 6) is -0.141. The maximum absolute atomic E-state index is 11.5. The molecule has 0 spiro atoms. The van der Waals surface area contributed by atoms with Gasteiger partial charge in [-0.25, -0.2) is 0 Å². The lowest BCUT2D eigenvalue weighted by Gasteiger charge is -2.28. The molecule has 1 aliphatic heterocycles. The molecule has 3 N–H and O–H groups in total. The first-order valence-electron chi connectivity index (χ1n) is 5.06. The Morgan fingerprint density at radius 2 is 2.00 bits per heavy atom. The summed E-state index contributed by atoms with van der Waals surface area (Å²) in [6.07, 6.45) is 1.50. The molecular formula is C11H14N2O2. The number of carbonyl (C=O) groups excluding carboxylic acids is 1. The highest BCUT2D eigenvalue weighted by molar-refractivity contribution is 5.82. The number of amides is 1. The molecule has 15 heavy (non-hydrogen) atoms. The van der Waals surface area contributed by atoms with Gasteiger partial charge in [0.1, 0.15) is 6.04 Å². The summed E-state index contributed by atoms with van der Waals surface area (Å²) in [5.41, 5.74) is 3.13. The van der Waals surface area contributed by atoms with Crippen molar-refractivity contribution in [1.82, 2.24) is 10.8 Å². The topological polar surface area (TPSA) is 61.4 Å². The zero-order chi connectivity index (χ0) is 10.7. The van der Waals surface area contributed by atoms with Crippen LogP contribution in [0.15, 0.2) is 30.3 Å². The van der Waals surface area contributed by atoms with Crippen LogP contribution in [0.25, 0.3) is 0 Å². The molecule has 0 aliphatic carbocycles. The van der Waals surface area contributed by atoms with E-state index in [9.17, 15) is 4.79 Å². The summed E-state index contributed by atoms with van der Waals surface area (Å²) in [6, 6.07) is 9.46. The minimum absolute atomic E-state index is 0.0725. The van der Waals surface area contributed by atoms with Gasteiger partial charge in [0.2, 0.25) is 5.91 Å². The standard InChI is InChI=1S/C11H14N2O2/c14-11-10(13-15)7-6-9(12-11)8-4-2-1-3-5-8/h1-5,9-10,13,15H,6-7H2,(H,12,14). The molecule has 1 fully saturated rings. The molecule has 1 aromatic rings. The number of benzene rings is 1. The van der Waals surface area contributed by atoms with Crippen LogP contribution in [-0.4, -0.2) is 17.2 Å². The SMILES string of the molecule is O=C1NC(c2ccccc2)CCC1NO. The van der Waals surface area contributed by atoms with Gasteiger partial charge in [-0.2, -0.15) is 5.48 Å². The summed E-state index contributed by atoms with van der Waals surface area (Å²) in [5, 5.41) is 11.6. The summed E-state index contributed by atoms with van der Waals surface area (Å²) >= 11 is 0. The van der Waals surface area contributed by atoms with Crippen LogP contribution in [0.4, 0.5) is 0 Å². The quantitative estimate of drug-likeness (QED) is 0.632. The molecule has 1 aromatic carbocycles. The second-order valence-electron chi connectivity index (χ2n) is 3.73. The van der Waals surface area contributed by atoms with Crippen molar-refractivity contribution >= 4 is 5.91 Å². The van der Waals surface area contributed by atoms with E-state index in [4.69, 9.17) is 5.21 Å². The molecule has 0 bridgehead atoms. The predicted octanol–water partition coefficient (Wildman–Crippen LogP) is 0.985. The van der Waals surface area contributed by atoms with Crippen molar-refractivity contribution in [3.05, 3.63) is 35.9 Å². The van der Waals surface area contributed by atoms with Crippen molar-refractivity contribution in [1.29, 1.82) is 0 Å². The van der Waals surface area contributed by atoms with E-state index < -0.39 is 6.04 Å². The number of hydrogen-bond donors (Lipinski definition) is 3. The minimum Gasteiger partial charge on any atom is -0.348 e. The maximum atomic E-state index is 11.5. The van der Waals surface area contributed by atoms with Gasteiger partial charge in [-0.3, -0.25) is 4.79 Å². The molecular weight excluding hydrogens is 192 g/mol. The molecule has 0 radical (unpaired) electrons. The molecule has 4 heteroatoms. The van der Waals surface area contributed by atoms with Crippen LogP contribution in [0.1, 0.15) is 24.4 Å². The highest BCUT2D eigenvalue weighted by Gasteiger charge is 2.27. The fourth-order valence-electron chi connectivity index (χ4n) is 1.87. The lowest BCUT2D eigenvalue weighted by Crippen LogP contribution is -2.48. The molecule has 0 saturated carbocycles. The fraction of sp³-hybridized carbons (Fsp3) is 0.364. The Morgan fingerprint density at radius 3 is 2.60 bits per heavy atom. The third-order valence-electron chi connectivity index (χ3n) is 2.73. The second-order valence-corrected chi connectivity index (χ2v) is 3.73. The van der Waals surface area contributed by atoms with E-state index in [0.717, 1.165) is 12.0 Å². The number of hydrogen-bond acceptors (Lipinski definition) is 3. The third kappa shape index (κ3) is 2.16. The molecule has 1 saturated heterocycles. The van der Waals surface area contributed by atoms with Crippen molar-refractivity contribution in [2.75, 3.05) is 0 Å². The van der Waals surface area contributed by atoms with Gasteiger partial charge in [-0.1, -0.05) is 30.3 Å². The van der Waals surface area contributed by atoms with Crippen LogP contribution in [0.3, 0.4) is 0 Å². The van der Waals surface area contributed by atoms with Gasteiger partial charge >= 0.3 is 0 Å². The van der Waals surface area contributed by atoms with Gasteiger partial charge < -0.3 is 10.5 Å². The highest BCUT2D eigenvalue weighted by Crippen LogP contribution is 2.22. The normalized spacial score (nSPS) is 26.1. The first-order valence-corrected chi connectivity index (χ1v) is 5.06. The lowest BCUT2D eigenvalue weighted by atomic mass is 9.95. The van der Waals surface area contributed by atoms with Crippen molar-refractivity contribution in [3.8, 4) is 0 Å². The van der Waals surface area contributed by atoms with Gasteiger partial charge in [0.25, 0.3) is 0 Å². The summed E-state index contributed by atoms with van der Waals surface area (Å²) in [4.78, 5) is 11.5.